The number of esters is 1. The highest BCUT2D eigenvalue weighted by Crippen LogP contribution is 2.46. The number of methoxy groups -OCH3 is 1. The number of hydrogen-bond donors (Lipinski definition) is 0. The van der Waals surface area contributed by atoms with E-state index in [9.17, 15) is 35.5 Å². The Labute approximate surface area is 166 Å². The number of halogens is 7. The molecule has 0 aliphatic rings. The van der Waals surface area contributed by atoms with E-state index in [2.05, 4.69) is 11.3 Å². The average Bonchev–Trinajstić information content (AvgIpc) is 2.70. The van der Waals surface area contributed by atoms with Gasteiger partial charge in [-0.3, -0.25) is 0 Å². The second-order valence-electron chi connectivity index (χ2n) is 6.09. The van der Waals surface area contributed by atoms with Gasteiger partial charge in [-0.15, -0.1) is 0 Å². The van der Waals surface area contributed by atoms with Gasteiger partial charge in [-0.2, -0.15) is 30.7 Å². The van der Waals surface area contributed by atoms with Gasteiger partial charge in [0.15, 0.2) is 6.61 Å². The van der Waals surface area contributed by atoms with Crippen LogP contribution in [0.1, 0.15) is 15.9 Å². The normalized spacial score (nSPS) is 12.4. The Morgan fingerprint density at radius 3 is 2.10 bits per heavy atom. The first-order valence-electron chi connectivity index (χ1n) is 8.24. The van der Waals surface area contributed by atoms with Crippen LogP contribution >= 0.6 is 0 Å². The topological polar surface area (TPSA) is 35.5 Å². The van der Waals surface area contributed by atoms with Gasteiger partial charge in [-0.25, -0.2) is 4.79 Å². The SMILES string of the molecule is C=Cc1cc(C(=O)OCC(F)(F)C(F)(F)C(F)(F)F)ccc1-c1ccc(OC)cc1. The van der Waals surface area contributed by atoms with Crippen LogP contribution in [0.2, 0.25) is 0 Å². The molecule has 0 aromatic heterocycles. The molecule has 0 aliphatic heterocycles. The molecule has 0 saturated carbocycles. The predicted octanol–water partition coefficient (Wildman–Crippen LogP) is 5.99. The van der Waals surface area contributed by atoms with E-state index in [-0.39, 0.29) is 5.56 Å². The number of hydrogen-bond acceptors (Lipinski definition) is 3. The monoisotopic (exact) mass is 436 g/mol. The third-order valence-corrected chi connectivity index (χ3v) is 4.11. The lowest BCUT2D eigenvalue weighted by Gasteiger charge is -2.27. The minimum atomic E-state index is -6.50. The molecule has 0 aliphatic carbocycles. The van der Waals surface area contributed by atoms with Crippen molar-refractivity contribution < 1.29 is 45.0 Å². The summed E-state index contributed by atoms with van der Waals surface area (Å²) in [7, 11) is 1.48. The molecule has 0 heterocycles. The summed E-state index contributed by atoms with van der Waals surface area (Å²) >= 11 is 0. The third kappa shape index (κ3) is 4.58. The Balaban J connectivity index is 2.21. The van der Waals surface area contributed by atoms with Crippen molar-refractivity contribution >= 4 is 12.0 Å². The molecule has 3 nitrogen and oxygen atoms in total. The number of ether oxygens (including phenoxy) is 2. The van der Waals surface area contributed by atoms with Crippen LogP contribution in [-0.4, -0.2) is 37.7 Å². The van der Waals surface area contributed by atoms with Crippen LogP contribution in [0.25, 0.3) is 17.2 Å². The highest BCUT2D eigenvalue weighted by atomic mass is 19.4. The summed E-state index contributed by atoms with van der Waals surface area (Å²) in [4.78, 5) is 11.9. The molecular weight excluding hydrogens is 421 g/mol. The summed E-state index contributed by atoms with van der Waals surface area (Å²) in [6.45, 7) is 1.13. The highest BCUT2D eigenvalue weighted by molar-refractivity contribution is 5.92. The first kappa shape index (κ1) is 23.2. The summed E-state index contributed by atoms with van der Waals surface area (Å²) in [6, 6.07) is 10.5. The van der Waals surface area contributed by atoms with E-state index in [0.29, 0.717) is 22.4 Å². The van der Waals surface area contributed by atoms with E-state index in [0.717, 1.165) is 6.07 Å². The zero-order valence-electron chi connectivity index (χ0n) is 15.4. The Morgan fingerprint density at radius 2 is 1.60 bits per heavy atom. The van der Waals surface area contributed by atoms with Gasteiger partial charge in [0.05, 0.1) is 12.7 Å². The van der Waals surface area contributed by atoms with Crippen molar-refractivity contribution in [2.24, 2.45) is 0 Å². The Bertz CT molecular complexity index is 919. The van der Waals surface area contributed by atoms with Crippen molar-refractivity contribution in [2.75, 3.05) is 13.7 Å². The number of benzene rings is 2. The van der Waals surface area contributed by atoms with Gasteiger partial charge in [-0.05, 0) is 41.0 Å². The molecule has 2 aromatic carbocycles. The second kappa shape index (κ2) is 8.37. The molecule has 0 amide bonds. The standard InChI is InChI=1S/C20H15F7O3/c1-3-12-10-14(6-9-16(12)13-4-7-15(29-2)8-5-13)17(28)30-11-18(21,22)19(23,24)20(25,26)27/h3-10H,1,11H2,2H3. The molecule has 0 bridgehead atoms. The van der Waals surface area contributed by atoms with Crippen LogP contribution < -0.4 is 4.74 Å². The lowest BCUT2D eigenvalue weighted by atomic mass is 9.97. The third-order valence-electron chi connectivity index (χ3n) is 4.11. The van der Waals surface area contributed by atoms with Crippen LogP contribution in [0.4, 0.5) is 30.7 Å². The van der Waals surface area contributed by atoms with Gasteiger partial charge in [0, 0.05) is 0 Å². The van der Waals surface area contributed by atoms with Crippen LogP contribution in [0.15, 0.2) is 49.0 Å². The lowest BCUT2D eigenvalue weighted by molar-refractivity contribution is -0.359. The molecule has 2 aromatic rings. The summed E-state index contributed by atoms with van der Waals surface area (Å²) in [5.41, 5.74) is 1.34. The first-order chi connectivity index (χ1) is 13.8. The molecule has 2 rings (SSSR count). The number of rotatable bonds is 7. The molecule has 0 fully saturated rings. The van der Waals surface area contributed by atoms with E-state index in [1.165, 1.54) is 25.3 Å². The van der Waals surface area contributed by atoms with Crippen LogP contribution in [0.5, 0.6) is 5.75 Å². The van der Waals surface area contributed by atoms with Gasteiger partial charge in [-0.1, -0.05) is 30.9 Å². The maximum Gasteiger partial charge on any atom is 0.460 e. The van der Waals surface area contributed by atoms with Crippen molar-refractivity contribution in [3.05, 3.63) is 60.2 Å². The average molecular weight is 436 g/mol. The zero-order chi connectivity index (χ0) is 22.7. The fourth-order valence-electron chi connectivity index (χ4n) is 2.43. The van der Waals surface area contributed by atoms with Crippen molar-refractivity contribution in [1.82, 2.24) is 0 Å². The zero-order valence-corrected chi connectivity index (χ0v) is 15.4. The molecular formula is C20H15F7O3. The highest BCUT2D eigenvalue weighted by Gasteiger charge is 2.73. The molecule has 162 valence electrons. The molecule has 0 radical (unpaired) electrons. The predicted molar refractivity (Wildman–Crippen MR) is 94.8 cm³/mol. The van der Waals surface area contributed by atoms with Gasteiger partial charge >= 0.3 is 24.0 Å². The van der Waals surface area contributed by atoms with Gasteiger partial charge in [0.25, 0.3) is 0 Å². The van der Waals surface area contributed by atoms with Crippen molar-refractivity contribution in [1.29, 1.82) is 0 Å². The van der Waals surface area contributed by atoms with Gasteiger partial charge in [0.2, 0.25) is 0 Å². The van der Waals surface area contributed by atoms with Gasteiger partial charge in [0.1, 0.15) is 5.75 Å². The van der Waals surface area contributed by atoms with Crippen LogP contribution in [0, 0.1) is 0 Å². The van der Waals surface area contributed by atoms with E-state index in [4.69, 9.17) is 4.74 Å². The first-order valence-corrected chi connectivity index (χ1v) is 8.24. The minimum Gasteiger partial charge on any atom is -0.497 e. The fraction of sp³-hybridized carbons (Fsp3) is 0.250. The molecule has 0 spiro atoms. The Hall–Kier alpha value is -3.04. The summed E-state index contributed by atoms with van der Waals surface area (Å²) < 4.78 is 97.8. The maximum absolute atomic E-state index is 13.3. The molecule has 10 heteroatoms. The molecule has 0 N–H and O–H groups in total. The van der Waals surface area contributed by atoms with E-state index >= 15 is 0 Å². The fourth-order valence-corrected chi connectivity index (χ4v) is 2.43. The molecule has 30 heavy (non-hydrogen) atoms. The summed E-state index contributed by atoms with van der Waals surface area (Å²) in [5.74, 6) is -12.9. The van der Waals surface area contributed by atoms with Crippen LogP contribution in [0.3, 0.4) is 0 Å². The lowest BCUT2D eigenvalue weighted by Crippen LogP contribution is -2.54. The number of carbonyl (C=O) groups is 1. The second-order valence-corrected chi connectivity index (χ2v) is 6.09. The Kier molecular flexibility index (Phi) is 6.48. The van der Waals surface area contributed by atoms with Gasteiger partial charge < -0.3 is 9.47 Å². The quantitative estimate of drug-likeness (QED) is 0.395. The van der Waals surface area contributed by atoms with Crippen molar-refractivity contribution in [3.63, 3.8) is 0 Å². The molecule has 0 unspecified atom stereocenters. The molecule has 0 atom stereocenters. The van der Waals surface area contributed by atoms with Crippen LogP contribution in [-0.2, 0) is 4.74 Å². The number of alkyl halides is 7. The summed E-state index contributed by atoms with van der Waals surface area (Å²) in [5, 5.41) is 0. The largest absolute Gasteiger partial charge is 0.497 e. The van der Waals surface area contributed by atoms with E-state index in [1.807, 2.05) is 0 Å². The Morgan fingerprint density at radius 1 is 1.00 bits per heavy atom. The minimum absolute atomic E-state index is 0.326. The smallest absolute Gasteiger partial charge is 0.460 e. The maximum atomic E-state index is 13.3. The van der Waals surface area contributed by atoms with Crippen molar-refractivity contribution in [2.45, 2.75) is 18.0 Å². The summed E-state index contributed by atoms with van der Waals surface area (Å²) in [6.07, 6.45) is -5.15. The molecule has 0 saturated heterocycles. The van der Waals surface area contributed by atoms with E-state index < -0.39 is 30.6 Å². The van der Waals surface area contributed by atoms with E-state index in [1.54, 1.807) is 24.3 Å². The number of carbonyl (C=O) groups excluding carboxylic acids is 1. The van der Waals surface area contributed by atoms with Crippen molar-refractivity contribution in [3.8, 4) is 16.9 Å².